The summed E-state index contributed by atoms with van der Waals surface area (Å²) in [5, 5.41) is 10.5. The summed E-state index contributed by atoms with van der Waals surface area (Å²) in [5.41, 5.74) is 0. The maximum Gasteiger partial charge on any atom is 0.286 e. The smallest absolute Gasteiger partial charge is 0.286 e. The van der Waals surface area contributed by atoms with Crippen LogP contribution in [-0.2, 0) is 6.42 Å². The van der Waals surface area contributed by atoms with Crippen molar-refractivity contribution < 1.29 is 13.6 Å². The van der Waals surface area contributed by atoms with Gasteiger partial charge in [-0.15, -0.1) is 10.2 Å². The Bertz CT molecular complexity index is 502. The van der Waals surface area contributed by atoms with Crippen LogP contribution in [0.1, 0.15) is 42.1 Å². The number of aromatic nitrogens is 2. The summed E-state index contributed by atoms with van der Waals surface area (Å²) < 4.78 is 10.4. The van der Waals surface area contributed by atoms with Crippen molar-refractivity contribution in [2.24, 2.45) is 0 Å². The third kappa shape index (κ3) is 2.97. The van der Waals surface area contributed by atoms with Gasteiger partial charge in [-0.1, -0.05) is 13.8 Å². The number of nitrogens with one attached hydrogen (secondary N) is 1. The molecule has 0 bridgehead atoms. The third-order valence-corrected chi connectivity index (χ3v) is 2.35. The number of furan rings is 1. The van der Waals surface area contributed by atoms with E-state index in [4.69, 9.17) is 8.83 Å². The molecule has 0 spiro atoms. The van der Waals surface area contributed by atoms with Gasteiger partial charge in [-0.2, -0.15) is 0 Å². The van der Waals surface area contributed by atoms with Gasteiger partial charge in [0.05, 0.1) is 6.26 Å². The Hall–Kier alpha value is -2.11. The normalized spacial score (nSPS) is 10.8. The number of rotatable bonds is 5. The van der Waals surface area contributed by atoms with Crippen LogP contribution in [0, 0.1) is 0 Å². The second kappa shape index (κ2) is 5.48. The number of nitrogens with zero attached hydrogens (tertiary/aromatic N) is 2. The molecule has 2 heterocycles. The molecule has 0 saturated heterocycles. The highest BCUT2D eigenvalue weighted by Crippen LogP contribution is 2.11. The standard InChI is InChI=1S/C12H15N3O3/c1-8(2)12-15-14-10(18-12)5-6-13-11(16)9-4-3-7-17-9/h3-4,7-8H,5-6H2,1-2H3,(H,13,16). The lowest BCUT2D eigenvalue weighted by atomic mass is 10.2. The van der Waals surface area contributed by atoms with Crippen LogP contribution in [0.15, 0.2) is 27.2 Å². The highest BCUT2D eigenvalue weighted by atomic mass is 16.4. The molecule has 1 amide bonds. The molecular weight excluding hydrogens is 234 g/mol. The van der Waals surface area contributed by atoms with Gasteiger partial charge >= 0.3 is 0 Å². The molecule has 18 heavy (non-hydrogen) atoms. The molecule has 0 aliphatic heterocycles. The summed E-state index contributed by atoms with van der Waals surface area (Å²) >= 11 is 0. The van der Waals surface area contributed by atoms with Crippen molar-refractivity contribution in [3.05, 3.63) is 35.9 Å². The number of carbonyl (C=O) groups excluding carboxylic acids is 1. The van der Waals surface area contributed by atoms with E-state index in [1.165, 1.54) is 6.26 Å². The maximum atomic E-state index is 11.5. The number of carbonyl (C=O) groups is 1. The Balaban J connectivity index is 1.79. The van der Waals surface area contributed by atoms with Crippen molar-refractivity contribution >= 4 is 5.91 Å². The average Bonchev–Trinajstić information content (AvgIpc) is 3.00. The Morgan fingerprint density at radius 2 is 2.28 bits per heavy atom. The van der Waals surface area contributed by atoms with Crippen LogP contribution in [0.4, 0.5) is 0 Å². The van der Waals surface area contributed by atoms with Crippen LogP contribution in [0.3, 0.4) is 0 Å². The largest absolute Gasteiger partial charge is 0.459 e. The molecule has 0 radical (unpaired) electrons. The fourth-order valence-electron chi connectivity index (χ4n) is 1.38. The lowest BCUT2D eigenvalue weighted by Crippen LogP contribution is -2.25. The lowest BCUT2D eigenvalue weighted by Gasteiger charge is -2.00. The van der Waals surface area contributed by atoms with Gasteiger partial charge in [0, 0.05) is 18.9 Å². The summed E-state index contributed by atoms with van der Waals surface area (Å²) in [6.07, 6.45) is 1.97. The highest BCUT2D eigenvalue weighted by Gasteiger charge is 2.11. The first kappa shape index (κ1) is 12.3. The van der Waals surface area contributed by atoms with Crippen molar-refractivity contribution in [1.29, 1.82) is 0 Å². The predicted octanol–water partition coefficient (Wildman–Crippen LogP) is 1.76. The van der Waals surface area contributed by atoms with Gasteiger partial charge in [-0.3, -0.25) is 4.79 Å². The maximum absolute atomic E-state index is 11.5. The minimum Gasteiger partial charge on any atom is -0.459 e. The zero-order valence-corrected chi connectivity index (χ0v) is 10.3. The number of amides is 1. The number of hydrogen-bond acceptors (Lipinski definition) is 5. The first-order valence-electron chi connectivity index (χ1n) is 5.81. The second-order valence-electron chi connectivity index (χ2n) is 4.17. The quantitative estimate of drug-likeness (QED) is 0.873. The predicted molar refractivity (Wildman–Crippen MR) is 63.1 cm³/mol. The van der Waals surface area contributed by atoms with E-state index in [1.54, 1.807) is 12.1 Å². The van der Waals surface area contributed by atoms with E-state index in [1.807, 2.05) is 13.8 Å². The summed E-state index contributed by atoms with van der Waals surface area (Å²) in [7, 11) is 0. The molecular formula is C12H15N3O3. The fourth-order valence-corrected chi connectivity index (χ4v) is 1.38. The van der Waals surface area contributed by atoms with E-state index >= 15 is 0 Å². The molecule has 2 aromatic heterocycles. The van der Waals surface area contributed by atoms with E-state index in [2.05, 4.69) is 15.5 Å². The molecule has 2 rings (SSSR count). The molecule has 0 fully saturated rings. The van der Waals surface area contributed by atoms with Gasteiger partial charge in [0.1, 0.15) is 0 Å². The van der Waals surface area contributed by atoms with E-state index in [9.17, 15) is 4.79 Å². The van der Waals surface area contributed by atoms with Crippen molar-refractivity contribution in [1.82, 2.24) is 15.5 Å². The zero-order chi connectivity index (χ0) is 13.0. The van der Waals surface area contributed by atoms with E-state index in [0.29, 0.717) is 30.5 Å². The molecule has 0 atom stereocenters. The monoisotopic (exact) mass is 249 g/mol. The Morgan fingerprint density at radius 3 is 2.89 bits per heavy atom. The SMILES string of the molecule is CC(C)c1nnc(CCNC(=O)c2ccco2)o1. The molecule has 0 aliphatic carbocycles. The van der Waals surface area contributed by atoms with Crippen LogP contribution in [0.5, 0.6) is 0 Å². The van der Waals surface area contributed by atoms with Crippen LogP contribution in [-0.4, -0.2) is 22.6 Å². The molecule has 0 saturated carbocycles. The summed E-state index contributed by atoms with van der Waals surface area (Å²) in [4.78, 5) is 11.5. The minimum absolute atomic E-state index is 0.212. The highest BCUT2D eigenvalue weighted by molar-refractivity contribution is 5.91. The number of hydrogen-bond donors (Lipinski definition) is 1. The average molecular weight is 249 g/mol. The Kier molecular flexibility index (Phi) is 3.76. The van der Waals surface area contributed by atoms with Gasteiger partial charge in [-0.25, -0.2) is 0 Å². The summed E-state index contributed by atoms with van der Waals surface area (Å²) in [6, 6.07) is 3.28. The van der Waals surface area contributed by atoms with E-state index < -0.39 is 0 Å². The molecule has 2 aromatic rings. The van der Waals surface area contributed by atoms with Crippen molar-refractivity contribution in [3.63, 3.8) is 0 Å². The Labute approximate surface area is 104 Å². The van der Waals surface area contributed by atoms with Crippen LogP contribution in [0.2, 0.25) is 0 Å². The zero-order valence-electron chi connectivity index (χ0n) is 10.3. The van der Waals surface area contributed by atoms with Gasteiger partial charge < -0.3 is 14.2 Å². The summed E-state index contributed by atoms with van der Waals surface area (Å²) in [5.74, 6) is 1.40. The molecule has 6 heteroatoms. The van der Waals surface area contributed by atoms with E-state index in [0.717, 1.165) is 0 Å². The molecule has 0 aliphatic rings. The fraction of sp³-hybridized carbons (Fsp3) is 0.417. The van der Waals surface area contributed by atoms with Crippen LogP contribution in [0.25, 0.3) is 0 Å². The Morgan fingerprint density at radius 1 is 1.44 bits per heavy atom. The summed E-state index contributed by atoms with van der Waals surface area (Å²) in [6.45, 7) is 4.39. The van der Waals surface area contributed by atoms with Crippen molar-refractivity contribution in [2.45, 2.75) is 26.2 Å². The topological polar surface area (TPSA) is 81.2 Å². The molecule has 96 valence electrons. The van der Waals surface area contributed by atoms with E-state index in [-0.39, 0.29) is 11.8 Å². The van der Waals surface area contributed by atoms with Gasteiger partial charge in [0.15, 0.2) is 5.76 Å². The van der Waals surface area contributed by atoms with Crippen LogP contribution >= 0.6 is 0 Å². The molecule has 6 nitrogen and oxygen atoms in total. The van der Waals surface area contributed by atoms with Gasteiger partial charge in [0.25, 0.3) is 5.91 Å². The van der Waals surface area contributed by atoms with Crippen molar-refractivity contribution in [3.8, 4) is 0 Å². The minimum atomic E-state index is -0.247. The third-order valence-electron chi connectivity index (χ3n) is 2.35. The van der Waals surface area contributed by atoms with Crippen molar-refractivity contribution in [2.75, 3.05) is 6.54 Å². The molecule has 0 aromatic carbocycles. The lowest BCUT2D eigenvalue weighted by molar-refractivity contribution is 0.0926. The molecule has 1 N–H and O–H groups in total. The first-order chi connectivity index (χ1) is 8.66. The van der Waals surface area contributed by atoms with Gasteiger partial charge in [0.2, 0.25) is 11.8 Å². The second-order valence-corrected chi connectivity index (χ2v) is 4.17. The molecule has 0 unspecified atom stereocenters. The van der Waals surface area contributed by atoms with Gasteiger partial charge in [-0.05, 0) is 12.1 Å². The first-order valence-corrected chi connectivity index (χ1v) is 5.81. The van der Waals surface area contributed by atoms with Crippen LogP contribution < -0.4 is 5.32 Å².